The van der Waals surface area contributed by atoms with Crippen LogP contribution >= 0.6 is 0 Å². The van der Waals surface area contributed by atoms with Gasteiger partial charge in [-0.1, -0.05) is 12.1 Å². The van der Waals surface area contributed by atoms with Crippen LogP contribution < -0.4 is 4.74 Å². The summed E-state index contributed by atoms with van der Waals surface area (Å²) in [7, 11) is 1.65. The molecule has 0 saturated carbocycles. The maximum Gasteiger partial charge on any atom is 0.270 e. The number of carbonyl (C=O) groups is 1. The third-order valence-corrected chi connectivity index (χ3v) is 4.73. The molecule has 0 spiro atoms. The van der Waals surface area contributed by atoms with Crippen molar-refractivity contribution in [1.82, 2.24) is 9.47 Å². The topological polar surface area (TPSA) is 56.8 Å². The molecular weight excluding hydrogens is 332 g/mol. The zero-order chi connectivity index (χ0) is 18.1. The van der Waals surface area contributed by atoms with Crippen LogP contribution in [-0.4, -0.2) is 48.8 Å². The van der Waals surface area contributed by atoms with Gasteiger partial charge < -0.3 is 23.4 Å². The molecular formula is C20H22N2O4. The molecule has 1 saturated heterocycles. The molecule has 0 radical (unpaired) electrons. The average Bonchev–Trinajstić information content (AvgIpc) is 3.19. The Morgan fingerprint density at radius 1 is 1.15 bits per heavy atom. The Balaban J connectivity index is 1.71. The maximum atomic E-state index is 13.1. The van der Waals surface area contributed by atoms with Crippen molar-refractivity contribution in [2.24, 2.45) is 0 Å². The second-order valence-corrected chi connectivity index (χ2v) is 6.47. The number of hydrogen-bond donors (Lipinski definition) is 0. The lowest BCUT2D eigenvalue weighted by atomic mass is 10.2. The van der Waals surface area contributed by atoms with E-state index in [1.165, 1.54) is 0 Å². The van der Waals surface area contributed by atoms with Gasteiger partial charge in [-0.25, -0.2) is 0 Å². The summed E-state index contributed by atoms with van der Waals surface area (Å²) >= 11 is 0. The van der Waals surface area contributed by atoms with Crippen molar-refractivity contribution in [3.63, 3.8) is 0 Å². The second kappa shape index (κ2) is 6.88. The van der Waals surface area contributed by atoms with Gasteiger partial charge in [0.05, 0.1) is 25.8 Å². The number of methoxy groups -OCH3 is 1. The molecule has 6 nitrogen and oxygen atoms in total. The van der Waals surface area contributed by atoms with Crippen LogP contribution in [0.3, 0.4) is 0 Å². The molecule has 0 aliphatic carbocycles. The number of ether oxygens (including phenoxy) is 2. The first kappa shape index (κ1) is 16.7. The Morgan fingerprint density at radius 3 is 2.58 bits per heavy atom. The summed E-state index contributed by atoms with van der Waals surface area (Å²) in [6.07, 6.45) is 0. The quantitative estimate of drug-likeness (QED) is 0.722. The molecule has 0 N–H and O–H groups in total. The molecule has 1 fully saturated rings. The number of carbonyl (C=O) groups excluding carboxylic acids is 1. The molecule has 0 unspecified atom stereocenters. The van der Waals surface area contributed by atoms with E-state index in [0.29, 0.717) is 38.5 Å². The van der Waals surface area contributed by atoms with Gasteiger partial charge in [-0.15, -0.1) is 0 Å². The standard InChI is InChI=1S/C20H22N2O4/c1-14-11-17-19(26-14)12-18(20(23)21-7-9-25-10-8-21)22(17)13-15-3-5-16(24-2)6-4-15/h3-6,11-12H,7-10,13H2,1-2H3. The molecule has 3 aromatic rings. The molecule has 1 aliphatic heterocycles. The fourth-order valence-electron chi connectivity index (χ4n) is 3.35. The molecule has 136 valence electrons. The van der Waals surface area contributed by atoms with Gasteiger partial charge in [-0.05, 0) is 24.6 Å². The van der Waals surface area contributed by atoms with Crippen molar-refractivity contribution in [3.05, 3.63) is 53.4 Å². The third-order valence-electron chi connectivity index (χ3n) is 4.73. The van der Waals surface area contributed by atoms with E-state index in [1.807, 2.05) is 52.8 Å². The van der Waals surface area contributed by atoms with Crippen molar-refractivity contribution >= 4 is 17.0 Å². The SMILES string of the molecule is COc1ccc(Cn2c(C(=O)N3CCOCC3)cc3oc(C)cc32)cc1. The van der Waals surface area contributed by atoms with E-state index in [-0.39, 0.29) is 5.91 Å². The molecule has 26 heavy (non-hydrogen) atoms. The third kappa shape index (κ3) is 3.08. The number of furan rings is 1. The lowest BCUT2D eigenvalue weighted by molar-refractivity contribution is 0.0296. The summed E-state index contributed by atoms with van der Waals surface area (Å²) in [4.78, 5) is 14.9. The number of amides is 1. The molecule has 1 aromatic carbocycles. The number of rotatable bonds is 4. The van der Waals surface area contributed by atoms with E-state index in [1.54, 1.807) is 7.11 Å². The van der Waals surface area contributed by atoms with Gasteiger partial charge in [0.15, 0.2) is 5.58 Å². The van der Waals surface area contributed by atoms with Crippen LogP contribution in [0.15, 0.2) is 40.8 Å². The molecule has 1 amide bonds. The van der Waals surface area contributed by atoms with Crippen LogP contribution in [0.1, 0.15) is 21.8 Å². The van der Waals surface area contributed by atoms with Crippen LogP contribution in [0.2, 0.25) is 0 Å². The van der Waals surface area contributed by atoms with Crippen molar-refractivity contribution in [2.75, 3.05) is 33.4 Å². The average molecular weight is 354 g/mol. The number of hydrogen-bond acceptors (Lipinski definition) is 4. The Labute approximate surface area is 151 Å². The number of benzene rings is 1. The molecule has 0 atom stereocenters. The number of morpholine rings is 1. The predicted octanol–water partition coefficient (Wildman–Crippen LogP) is 3.07. The summed E-state index contributed by atoms with van der Waals surface area (Å²) in [5, 5.41) is 0. The lowest BCUT2D eigenvalue weighted by Gasteiger charge is -2.27. The summed E-state index contributed by atoms with van der Waals surface area (Å²) < 4.78 is 18.4. The van der Waals surface area contributed by atoms with Crippen LogP contribution in [0, 0.1) is 6.92 Å². The normalized spacial score (nSPS) is 14.8. The summed E-state index contributed by atoms with van der Waals surface area (Å²) in [6.45, 7) is 4.92. The monoisotopic (exact) mass is 354 g/mol. The summed E-state index contributed by atoms with van der Waals surface area (Å²) in [5.74, 6) is 1.67. The molecule has 0 bridgehead atoms. The van der Waals surface area contributed by atoms with Gasteiger partial charge in [0.2, 0.25) is 0 Å². The lowest BCUT2D eigenvalue weighted by Crippen LogP contribution is -2.41. The highest BCUT2D eigenvalue weighted by atomic mass is 16.5. The summed E-state index contributed by atoms with van der Waals surface area (Å²) in [6, 6.07) is 11.7. The van der Waals surface area contributed by atoms with E-state index >= 15 is 0 Å². The van der Waals surface area contributed by atoms with Crippen molar-refractivity contribution in [1.29, 1.82) is 0 Å². The van der Waals surface area contributed by atoms with Gasteiger partial charge in [0, 0.05) is 31.8 Å². The molecule has 1 aliphatic rings. The maximum absolute atomic E-state index is 13.1. The van der Waals surface area contributed by atoms with E-state index in [9.17, 15) is 4.79 Å². The Kier molecular flexibility index (Phi) is 4.42. The van der Waals surface area contributed by atoms with Crippen LogP contribution in [0.25, 0.3) is 11.1 Å². The first-order chi connectivity index (χ1) is 12.7. The van der Waals surface area contributed by atoms with Gasteiger partial charge in [-0.3, -0.25) is 4.79 Å². The highest BCUT2D eigenvalue weighted by Gasteiger charge is 2.24. The first-order valence-corrected chi connectivity index (χ1v) is 8.75. The van der Waals surface area contributed by atoms with Crippen LogP contribution in [-0.2, 0) is 11.3 Å². The van der Waals surface area contributed by atoms with Gasteiger partial charge in [0.1, 0.15) is 17.2 Å². The largest absolute Gasteiger partial charge is 0.497 e. The predicted molar refractivity (Wildman–Crippen MR) is 97.8 cm³/mol. The van der Waals surface area contributed by atoms with Gasteiger partial charge in [0.25, 0.3) is 5.91 Å². The van der Waals surface area contributed by atoms with Gasteiger partial charge >= 0.3 is 0 Å². The number of aromatic nitrogens is 1. The van der Waals surface area contributed by atoms with Crippen molar-refractivity contribution < 1.29 is 18.7 Å². The van der Waals surface area contributed by atoms with Crippen molar-refractivity contribution in [2.45, 2.75) is 13.5 Å². The van der Waals surface area contributed by atoms with Crippen LogP contribution in [0.4, 0.5) is 0 Å². The number of fused-ring (bicyclic) bond motifs is 1. The molecule has 4 rings (SSSR count). The highest BCUT2D eigenvalue weighted by molar-refractivity contribution is 5.97. The number of nitrogens with zero attached hydrogens (tertiary/aromatic N) is 2. The first-order valence-electron chi connectivity index (χ1n) is 8.75. The Hall–Kier alpha value is -2.73. The highest BCUT2D eigenvalue weighted by Crippen LogP contribution is 2.26. The van der Waals surface area contributed by atoms with E-state index < -0.39 is 0 Å². The Morgan fingerprint density at radius 2 is 1.88 bits per heavy atom. The van der Waals surface area contributed by atoms with Crippen LogP contribution in [0.5, 0.6) is 5.75 Å². The molecule has 3 heterocycles. The second-order valence-electron chi connectivity index (χ2n) is 6.47. The fourth-order valence-corrected chi connectivity index (χ4v) is 3.35. The minimum Gasteiger partial charge on any atom is -0.497 e. The molecule has 6 heteroatoms. The fraction of sp³-hybridized carbons (Fsp3) is 0.350. The van der Waals surface area contributed by atoms with E-state index in [2.05, 4.69) is 0 Å². The minimum absolute atomic E-state index is 0.0193. The zero-order valence-corrected chi connectivity index (χ0v) is 15.0. The summed E-state index contributed by atoms with van der Waals surface area (Å²) in [5.41, 5.74) is 3.43. The van der Waals surface area contributed by atoms with E-state index in [4.69, 9.17) is 13.9 Å². The minimum atomic E-state index is 0.0193. The number of aryl methyl sites for hydroxylation is 1. The van der Waals surface area contributed by atoms with Crippen molar-refractivity contribution in [3.8, 4) is 5.75 Å². The Bertz CT molecular complexity index is 917. The van der Waals surface area contributed by atoms with E-state index in [0.717, 1.165) is 28.2 Å². The zero-order valence-electron chi connectivity index (χ0n) is 15.0. The smallest absolute Gasteiger partial charge is 0.270 e. The molecule has 2 aromatic heterocycles. The van der Waals surface area contributed by atoms with Gasteiger partial charge in [-0.2, -0.15) is 0 Å².